The van der Waals surface area contributed by atoms with Gasteiger partial charge in [-0.15, -0.1) is 0 Å². The Hall–Kier alpha value is -3.68. The molecular weight excluding hydrogens is 440 g/mol. The van der Waals surface area contributed by atoms with E-state index in [0.717, 1.165) is 0 Å². The normalized spacial score (nSPS) is 10.6. The molecule has 0 aliphatic heterocycles. The second kappa shape index (κ2) is 12.5. The Morgan fingerprint density at radius 1 is 0.735 bits per heavy atom. The maximum absolute atomic E-state index is 13.2. The molecule has 0 bridgehead atoms. The van der Waals surface area contributed by atoms with Crippen LogP contribution < -0.4 is 4.74 Å². The van der Waals surface area contributed by atoms with Crippen molar-refractivity contribution in [1.29, 1.82) is 0 Å². The standard InChI is InChI=1S/C26H30O8/c1-4-10-17(27)20-22(26(32)33-15-16-13-8-7-9-14-16)21(18(28)11-5-2)25(24(31)23(20)30)34-19(29)12-6-3/h7-9,13-14,30-31H,4-6,10-12,15H2,1-3H3. The summed E-state index contributed by atoms with van der Waals surface area (Å²) in [6, 6.07) is 8.77. The smallest absolute Gasteiger partial charge is 0.340 e. The quantitative estimate of drug-likeness (QED) is 0.189. The summed E-state index contributed by atoms with van der Waals surface area (Å²) < 4.78 is 10.6. The van der Waals surface area contributed by atoms with Crippen molar-refractivity contribution in [3.63, 3.8) is 0 Å². The lowest BCUT2D eigenvalue weighted by molar-refractivity contribution is -0.134. The maximum Gasteiger partial charge on any atom is 0.340 e. The van der Waals surface area contributed by atoms with E-state index in [1.54, 1.807) is 51.1 Å². The molecule has 0 aliphatic rings. The van der Waals surface area contributed by atoms with Crippen molar-refractivity contribution in [1.82, 2.24) is 0 Å². The first-order chi connectivity index (χ1) is 16.3. The second-order valence-corrected chi connectivity index (χ2v) is 7.78. The van der Waals surface area contributed by atoms with Crippen LogP contribution in [0, 0.1) is 0 Å². The highest BCUT2D eigenvalue weighted by molar-refractivity contribution is 6.17. The zero-order valence-electron chi connectivity index (χ0n) is 19.7. The molecule has 2 aromatic carbocycles. The summed E-state index contributed by atoms with van der Waals surface area (Å²) in [5.74, 6) is -5.62. The molecule has 0 fully saturated rings. The predicted octanol–water partition coefficient (Wildman–Crippen LogP) is 5.13. The molecule has 0 unspecified atom stereocenters. The number of ketones is 2. The molecular formula is C26H30O8. The summed E-state index contributed by atoms with van der Waals surface area (Å²) in [5.41, 5.74) is -0.815. The van der Waals surface area contributed by atoms with Crippen molar-refractivity contribution in [3.05, 3.63) is 52.6 Å². The van der Waals surface area contributed by atoms with Gasteiger partial charge in [-0.2, -0.15) is 0 Å². The molecule has 0 spiro atoms. The molecule has 0 aromatic heterocycles. The van der Waals surface area contributed by atoms with Crippen LogP contribution in [0.1, 0.15) is 95.9 Å². The van der Waals surface area contributed by atoms with Gasteiger partial charge in [0, 0.05) is 19.3 Å². The Kier molecular flexibility index (Phi) is 9.79. The molecule has 2 rings (SSSR count). The summed E-state index contributed by atoms with van der Waals surface area (Å²) in [4.78, 5) is 51.4. The van der Waals surface area contributed by atoms with E-state index in [1.165, 1.54) is 0 Å². The second-order valence-electron chi connectivity index (χ2n) is 7.78. The van der Waals surface area contributed by atoms with Crippen LogP contribution in [0.4, 0.5) is 0 Å². The summed E-state index contributed by atoms with van der Waals surface area (Å²) >= 11 is 0. The first-order valence-corrected chi connectivity index (χ1v) is 11.4. The van der Waals surface area contributed by atoms with E-state index in [1.807, 2.05) is 0 Å². The molecule has 182 valence electrons. The molecule has 0 aliphatic carbocycles. The molecule has 0 saturated heterocycles. The molecule has 8 heteroatoms. The Morgan fingerprint density at radius 2 is 1.29 bits per heavy atom. The zero-order chi connectivity index (χ0) is 25.3. The van der Waals surface area contributed by atoms with Crippen LogP contribution >= 0.6 is 0 Å². The number of carbonyl (C=O) groups is 4. The van der Waals surface area contributed by atoms with Crippen LogP contribution in [-0.4, -0.2) is 33.7 Å². The average molecular weight is 471 g/mol. The van der Waals surface area contributed by atoms with Gasteiger partial charge in [0.05, 0.1) is 16.7 Å². The Balaban J connectivity index is 2.74. The minimum absolute atomic E-state index is 0.0219. The first-order valence-electron chi connectivity index (χ1n) is 11.4. The minimum Gasteiger partial charge on any atom is -0.504 e. The predicted molar refractivity (Wildman–Crippen MR) is 124 cm³/mol. The monoisotopic (exact) mass is 470 g/mol. The fraction of sp³-hybridized carbons (Fsp3) is 0.385. The van der Waals surface area contributed by atoms with Gasteiger partial charge in [0.1, 0.15) is 6.61 Å². The molecule has 0 radical (unpaired) electrons. The lowest BCUT2D eigenvalue weighted by Gasteiger charge is -2.19. The van der Waals surface area contributed by atoms with Gasteiger partial charge in [0.2, 0.25) is 5.75 Å². The number of benzene rings is 2. The van der Waals surface area contributed by atoms with Crippen molar-refractivity contribution < 1.29 is 38.9 Å². The van der Waals surface area contributed by atoms with Crippen molar-refractivity contribution >= 4 is 23.5 Å². The molecule has 0 saturated carbocycles. The Bertz CT molecular complexity index is 1060. The van der Waals surface area contributed by atoms with E-state index in [4.69, 9.17) is 9.47 Å². The van der Waals surface area contributed by atoms with Crippen LogP contribution in [0.3, 0.4) is 0 Å². The number of carbonyl (C=O) groups excluding carboxylic acids is 4. The van der Waals surface area contributed by atoms with E-state index >= 15 is 0 Å². The zero-order valence-corrected chi connectivity index (χ0v) is 19.7. The van der Waals surface area contributed by atoms with Crippen LogP contribution in [0.5, 0.6) is 17.2 Å². The summed E-state index contributed by atoms with van der Waals surface area (Å²) in [6.45, 7) is 5.04. The maximum atomic E-state index is 13.2. The molecule has 2 aromatic rings. The average Bonchev–Trinajstić information content (AvgIpc) is 2.81. The van der Waals surface area contributed by atoms with Crippen molar-refractivity contribution in [2.45, 2.75) is 65.9 Å². The largest absolute Gasteiger partial charge is 0.504 e. The number of Topliss-reactive ketones (excluding diaryl/α,β-unsaturated/α-hetero) is 2. The van der Waals surface area contributed by atoms with Crippen molar-refractivity contribution in [2.24, 2.45) is 0 Å². The number of phenols is 2. The minimum atomic E-state index is -1.05. The van der Waals surface area contributed by atoms with Crippen molar-refractivity contribution in [3.8, 4) is 17.2 Å². The number of rotatable bonds is 12. The van der Waals surface area contributed by atoms with Gasteiger partial charge in [-0.1, -0.05) is 51.1 Å². The number of ether oxygens (including phenoxy) is 2. The van der Waals surface area contributed by atoms with Gasteiger partial charge >= 0.3 is 11.9 Å². The van der Waals surface area contributed by atoms with E-state index in [2.05, 4.69) is 0 Å². The lowest BCUT2D eigenvalue weighted by Crippen LogP contribution is -2.20. The van der Waals surface area contributed by atoms with Crippen LogP contribution in [0.2, 0.25) is 0 Å². The summed E-state index contributed by atoms with van der Waals surface area (Å²) in [5, 5.41) is 21.3. The van der Waals surface area contributed by atoms with Gasteiger partial charge in [0.15, 0.2) is 23.1 Å². The van der Waals surface area contributed by atoms with Gasteiger partial charge in [0.25, 0.3) is 0 Å². The third kappa shape index (κ3) is 6.21. The van der Waals surface area contributed by atoms with Gasteiger partial charge < -0.3 is 19.7 Å². The third-order valence-electron chi connectivity index (χ3n) is 5.00. The third-order valence-corrected chi connectivity index (χ3v) is 5.00. The topological polar surface area (TPSA) is 127 Å². The van der Waals surface area contributed by atoms with Gasteiger partial charge in [-0.05, 0) is 24.8 Å². The molecule has 0 heterocycles. The van der Waals surface area contributed by atoms with E-state index in [0.29, 0.717) is 24.8 Å². The molecule has 0 atom stereocenters. The number of aromatic hydroxyl groups is 2. The molecule has 8 nitrogen and oxygen atoms in total. The Morgan fingerprint density at radius 3 is 1.85 bits per heavy atom. The van der Waals surface area contributed by atoms with Crippen LogP contribution in [-0.2, 0) is 16.1 Å². The highest BCUT2D eigenvalue weighted by Crippen LogP contribution is 2.46. The highest BCUT2D eigenvalue weighted by Gasteiger charge is 2.36. The van der Waals surface area contributed by atoms with E-state index < -0.39 is 57.4 Å². The fourth-order valence-corrected chi connectivity index (χ4v) is 3.41. The Labute approximate surface area is 198 Å². The first kappa shape index (κ1) is 26.6. The van der Waals surface area contributed by atoms with Crippen LogP contribution in [0.15, 0.2) is 30.3 Å². The number of hydrogen-bond donors (Lipinski definition) is 2. The SMILES string of the molecule is CCCC(=O)Oc1c(O)c(O)c(C(=O)CCC)c(C(=O)OCc2ccccc2)c1C(=O)CCC. The molecule has 2 N–H and O–H groups in total. The van der Waals surface area contributed by atoms with Gasteiger partial charge in [-0.25, -0.2) is 4.79 Å². The van der Waals surface area contributed by atoms with Crippen molar-refractivity contribution in [2.75, 3.05) is 0 Å². The van der Waals surface area contributed by atoms with Crippen LogP contribution in [0.25, 0.3) is 0 Å². The van der Waals surface area contributed by atoms with E-state index in [9.17, 15) is 29.4 Å². The molecule has 0 amide bonds. The lowest BCUT2D eigenvalue weighted by atomic mass is 9.90. The summed E-state index contributed by atoms with van der Waals surface area (Å²) in [6.07, 6.45) is 1.09. The number of hydrogen-bond acceptors (Lipinski definition) is 8. The fourth-order valence-electron chi connectivity index (χ4n) is 3.41. The summed E-state index contributed by atoms with van der Waals surface area (Å²) in [7, 11) is 0. The number of esters is 2. The molecule has 34 heavy (non-hydrogen) atoms. The van der Waals surface area contributed by atoms with E-state index in [-0.39, 0.29) is 25.9 Å². The van der Waals surface area contributed by atoms with Gasteiger partial charge in [-0.3, -0.25) is 14.4 Å². The number of phenolic OH excluding ortho intramolecular Hbond substituents is 2. The highest BCUT2D eigenvalue weighted by atomic mass is 16.5.